The van der Waals surface area contributed by atoms with E-state index in [9.17, 15) is 14.4 Å². The highest BCUT2D eigenvalue weighted by Gasteiger charge is 2.11. The van der Waals surface area contributed by atoms with E-state index >= 15 is 0 Å². The van der Waals surface area contributed by atoms with E-state index in [0.29, 0.717) is 6.54 Å². The van der Waals surface area contributed by atoms with E-state index in [-0.39, 0.29) is 5.75 Å². The smallest absolute Gasteiger partial charge is 0.321 e. The largest absolute Gasteiger partial charge is 0.497 e. The van der Waals surface area contributed by atoms with E-state index in [4.69, 9.17) is 9.47 Å². The van der Waals surface area contributed by atoms with E-state index in [2.05, 4.69) is 10.6 Å². The fourth-order valence-corrected chi connectivity index (χ4v) is 2.14. The highest BCUT2D eigenvalue weighted by atomic mass is 32.2. The van der Waals surface area contributed by atoms with E-state index in [1.165, 1.54) is 11.8 Å². The van der Waals surface area contributed by atoms with Crippen LogP contribution in [0.25, 0.3) is 0 Å². The maximum atomic E-state index is 11.6. The van der Waals surface area contributed by atoms with Gasteiger partial charge in [0.05, 0.1) is 12.9 Å². The Morgan fingerprint density at radius 2 is 1.87 bits per heavy atom. The van der Waals surface area contributed by atoms with E-state index in [1.54, 1.807) is 19.2 Å². The van der Waals surface area contributed by atoms with Gasteiger partial charge in [-0.05, 0) is 30.7 Å². The van der Waals surface area contributed by atoms with Crippen molar-refractivity contribution in [2.24, 2.45) is 0 Å². The lowest BCUT2D eigenvalue weighted by Crippen LogP contribution is -2.41. The molecule has 7 nitrogen and oxygen atoms in total. The Labute approximate surface area is 139 Å². The zero-order valence-electron chi connectivity index (χ0n) is 13.1. The van der Waals surface area contributed by atoms with Gasteiger partial charge >= 0.3 is 12.0 Å². The van der Waals surface area contributed by atoms with Crippen molar-refractivity contribution in [2.45, 2.75) is 18.2 Å². The highest BCUT2D eigenvalue weighted by Crippen LogP contribution is 2.21. The van der Waals surface area contributed by atoms with E-state index in [1.807, 2.05) is 19.1 Å². The van der Waals surface area contributed by atoms with Crippen LogP contribution in [-0.2, 0) is 14.3 Å². The van der Waals surface area contributed by atoms with Crippen LogP contribution in [0, 0.1) is 0 Å². The summed E-state index contributed by atoms with van der Waals surface area (Å²) in [6, 6.07) is 6.62. The molecule has 126 valence electrons. The van der Waals surface area contributed by atoms with Gasteiger partial charge in [0.2, 0.25) is 0 Å². The number of esters is 1. The summed E-state index contributed by atoms with van der Waals surface area (Å²) in [7, 11) is 1.58. The molecular weight excluding hydrogens is 320 g/mol. The van der Waals surface area contributed by atoms with Crippen molar-refractivity contribution in [3.05, 3.63) is 24.3 Å². The number of rotatable bonds is 8. The first kappa shape index (κ1) is 18.8. The molecule has 0 unspecified atom stereocenters. The third kappa shape index (κ3) is 8.10. The number of urea groups is 1. The third-order valence-corrected chi connectivity index (χ3v) is 3.55. The first-order valence-corrected chi connectivity index (χ1v) is 8.04. The Morgan fingerprint density at radius 3 is 2.48 bits per heavy atom. The number of hydrogen-bond donors (Lipinski definition) is 2. The summed E-state index contributed by atoms with van der Waals surface area (Å²) in [5.74, 6) is -0.395. The predicted octanol–water partition coefficient (Wildman–Crippen LogP) is 1.57. The Balaban J connectivity index is 2.22. The van der Waals surface area contributed by atoms with Crippen LogP contribution in [0.1, 0.15) is 13.3 Å². The number of amides is 3. The topological polar surface area (TPSA) is 93.7 Å². The Morgan fingerprint density at radius 1 is 1.17 bits per heavy atom. The van der Waals surface area contributed by atoms with Crippen molar-refractivity contribution in [3.63, 3.8) is 0 Å². The van der Waals surface area contributed by atoms with Crippen LogP contribution < -0.4 is 15.4 Å². The quantitative estimate of drug-likeness (QED) is 0.551. The maximum absolute atomic E-state index is 11.6. The second-order valence-corrected chi connectivity index (χ2v) is 5.48. The Bertz CT molecular complexity index is 533. The summed E-state index contributed by atoms with van der Waals surface area (Å²) in [5, 5.41) is 4.55. The summed E-state index contributed by atoms with van der Waals surface area (Å²) in [6.45, 7) is 1.88. The van der Waals surface area contributed by atoms with Gasteiger partial charge < -0.3 is 14.8 Å². The van der Waals surface area contributed by atoms with Gasteiger partial charge in [0, 0.05) is 11.4 Å². The molecule has 2 N–H and O–H groups in total. The number of ether oxygens (including phenoxy) is 2. The maximum Gasteiger partial charge on any atom is 0.321 e. The lowest BCUT2D eigenvalue weighted by Gasteiger charge is -2.07. The van der Waals surface area contributed by atoms with Crippen LogP contribution in [0.3, 0.4) is 0 Å². The van der Waals surface area contributed by atoms with Crippen LogP contribution in [-0.4, -0.2) is 43.9 Å². The highest BCUT2D eigenvalue weighted by molar-refractivity contribution is 8.00. The molecule has 0 spiro atoms. The molecule has 1 aromatic carbocycles. The lowest BCUT2D eigenvalue weighted by molar-refractivity contribution is -0.145. The number of hydrogen-bond acceptors (Lipinski definition) is 6. The minimum absolute atomic E-state index is 0.0711. The van der Waals surface area contributed by atoms with Gasteiger partial charge in [0.1, 0.15) is 5.75 Å². The molecule has 0 radical (unpaired) electrons. The van der Waals surface area contributed by atoms with Crippen molar-refractivity contribution >= 4 is 29.7 Å². The van der Waals surface area contributed by atoms with E-state index < -0.39 is 24.5 Å². The van der Waals surface area contributed by atoms with Crippen molar-refractivity contribution in [1.82, 2.24) is 10.6 Å². The molecule has 23 heavy (non-hydrogen) atoms. The number of carbonyl (C=O) groups is 3. The predicted molar refractivity (Wildman–Crippen MR) is 86.5 cm³/mol. The summed E-state index contributed by atoms with van der Waals surface area (Å²) < 4.78 is 9.84. The monoisotopic (exact) mass is 340 g/mol. The van der Waals surface area contributed by atoms with Crippen molar-refractivity contribution in [2.75, 3.05) is 26.0 Å². The minimum Gasteiger partial charge on any atom is -0.497 e. The number of imide groups is 1. The molecule has 8 heteroatoms. The zero-order chi connectivity index (χ0) is 17.1. The van der Waals surface area contributed by atoms with Crippen LogP contribution in [0.5, 0.6) is 5.75 Å². The molecule has 0 atom stereocenters. The molecule has 0 saturated heterocycles. The fraction of sp³-hybridized carbons (Fsp3) is 0.400. The average Bonchev–Trinajstić information content (AvgIpc) is 2.56. The van der Waals surface area contributed by atoms with Gasteiger partial charge in [-0.3, -0.25) is 14.9 Å². The molecule has 0 bridgehead atoms. The van der Waals surface area contributed by atoms with Crippen molar-refractivity contribution in [1.29, 1.82) is 0 Å². The molecule has 0 aliphatic carbocycles. The Hall–Kier alpha value is -2.22. The van der Waals surface area contributed by atoms with Gasteiger partial charge in [-0.15, -0.1) is 11.8 Å². The molecule has 0 aliphatic heterocycles. The number of nitrogens with one attached hydrogen (secondary N) is 2. The fourth-order valence-electron chi connectivity index (χ4n) is 1.45. The first-order chi connectivity index (χ1) is 11.0. The van der Waals surface area contributed by atoms with Crippen LogP contribution in [0.4, 0.5) is 4.79 Å². The molecule has 0 aromatic heterocycles. The first-order valence-electron chi connectivity index (χ1n) is 7.05. The van der Waals surface area contributed by atoms with Crippen LogP contribution in [0.2, 0.25) is 0 Å². The second kappa shape index (κ2) is 10.5. The minimum atomic E-state index is -0.665. The Kier molecular flexibility index (Phi) is 8.59. The molecule has 0 fully saturated rings. The normalized spacial score (nSPS) is 9.83. The molecular formula is C15H20N2O5S. The summed E-state index contributed by atoms with van der Waals surface area (Å²) >= 11 is 1.28. The van der Waals surface area contributed by atoms with Gasteiger partial charge in [-0.1, -0.05) is 6.92 Å². The van der Waals surface area contributed by atoms with Crippen molar-refractivity contribution in [3.8, 4) is 5.75 Å². The molecule has 3 amide bonds. The van der Waals surface area contributed by atoms with Crippen LogP contribution >= 0.6 is 11.8 Å². The summed E-state index contributed by atoms with van der Waals surface area (Å²) in [5.41, 5.74) is 0. The summed E-state index contributed by atoms with van der Waals surface area (Å²) in [4.78, 5) is 35.1. The zero-order valence-corrected chi connectivity index (χ0v) is 13.9. The standard InChI is InChI=1S/C15H20N2O5S/c1-3-8-16-15(20)17-13(18)9-22-14(19)10-23-12-6-4-11(21-2)5-7-12/h4-7H,3,8-10H2,1-2H3,(H2,16,17,18,20). The van der Waals surface area contributed by atoms with E-state index in [0.717, 1.165) is 17.1 Å². The SMILES string of the molecule is CCCNC(=O)NC(=O)COC(=O)CSc1ccc(OC)cc1. The van der Waals surface area contributed by atoms with Gasteiger partial charge in [0.15, 0.2) is 6.61 Å². The number of carbonyl (C=O) groups excluding carboxylic acids is 3. The number of thioether (sulfide) groups is 1. The second-order valence-electron chi connectivity index (χ2n) is 4.43. The molecule has 0 heterocycles. The molecule has 0 saturated carbocycles. The van der Waals surface area contributed by atoms with Gasteiger partial charge in [-0.25, -0.2) is 4.79 Å². The van der Waals surface area contributed by atoms with Gasteiger partial charge in [0.25, 0.3) is 5.91 Å². The molecule has 0 aliphatic rings. The average molecular weight is 340 g/mol. The molecule has 1 aromatic rings. The number of methoxy groups -OCH3 is 1. The third-order valence-electron chi connectivity index (χ3n) is 2.57. The van der Waals surface area contributed by atoms with Crippen molar-refractivity contribution < 1.29 is 23.9 Å². The lowest BCUT2D eigenvalue weighted by atomic mass is 10.3. The van der Waals surface area contributed by atoms with Gasteiger partial charge in [-0.2, -0.15) is 0 Å². The summed E-state index contributed by atoms with van der Waals surface area (Å²) in [6.07, 6.45) is 0.763. The number of benzene rings is 1. The molecule has 1 rings (SSSR count). The van der Waals surface area contributed by atoms with Crippen LogP contribution in [0.15, 0.2) is 29.2 Å².